The Hall–Kier alpha value is -0.240. The summed E-state index contributed by atoms with van der Waals surface area (Å²) in [7, 11) is 0. The summed E-state index contributed by atoms with van der Waals surface area (Å²) in [5.41, 5.74) is 0.979. The smallest absolute Gasteiger partial charge is 0.0578 e. The van der Waals surface area contributed by atoms with Gasteiger partial charge in [-0.2, -0.15) is 0 Å². The fourth-order valence-corrected chi connectivity index (χ4v) is 1.72. The van der Waals surface area contributed by atoms with Crippen molar-refractivity contribution in [2.24, 2.45) is 0 Å². The van der Waals surface area contributed by atoms with E-state index in [1.54, 1.807) is 6.07 Å². The summed E-state index contributed by atoms with van der Waals surface area (Å²) < 4.78 is 0. The molecule has 0 aromatic heterocycles. The zero-order chi connectivity index (χ0) is 9.84. The SMILES string of the molecule is CC[C@H](O)Cc1cc(Cl)cc(Cl)c1. The lowest BCUT2D eigenvalue weighted by atomic mass is 10.1. The Morgan fingerprint density at radius 1 is 1.23 bits per heavy atom. The minimum absolute atomic E-state index is 0.311. The molecule has 0 amide bonds. The Kier molecular flexibility index (Phi) is 4.04. The lowest BCUT2D eigenvalue weighted by Gasteiger charge is -2.08. The molecule has 0 bridgehead atoms. The Labute approximate surface area is 88.3 Å². The molecule has 0 aliphatic rings. The van der Waals surface area contributed by atoms with E-state index in [9.17, 15) is 5.11 Å². The second-order valence-electron chi connectivity index (χ2n) is 3.04. The predicted molar refractivity (Wildman–Crippen MR) is 56.5 cm³/mol. The fourth-order valence-electron chi connectivity index (χ4n) is 1.15. The summed E-state index contributed by atoms with van der Waals surface area (Å²) in [5.74, 6) is 0. The normalized spacial score (nSPS) is 12.9. The van der Waals surface area contributed by atoms with Gasteiger partial charge in [0.2, 0.25) is 0 Å². The van der Waals surface area contributed by atoms with E-state index < -0.39 is 0 Å². The Morgan fingerprint density at radius 2 is 1.77 bits per heavy atom. The lowest BCUT2D eigenvalue weighted by Crippen LogP contribution is -2.08. The molecule has 1 aromatic rings. The maximum Gasteiger partial charge on any atom is 0.0578 e. The highest BCUT2D eigenvalue weighted by Crippen LogP contribution is 2.20. The van der Waals surface area contributed by atoms with E-state index in [4.69, 9.17) is 23.2 Å². The molecule has 1 atom stereocenters. The minimum Gasteiger partial charge on any atom is -0.393 e. The van der Waals surface area contributed by atoms with Gasteiger partial charge < -0.3 is 5.11 Å². The van der Waals surface area contributed by atoms with Crippen molar-refractivity contribution in [2.75, 3.05) is 0 Å². The van der Waals surface area contributed by atoms with E-state index in [-0.39, 0.29) is 6.10 Å². The van der Waals surface area contributed by atoms with Crippen molar-refractivity contribution in [3.8, 4) is 0 Å². The molecular formula is C10H12Cl2O. The van der Waals surface area contributed by atoms with Gasteiger partial charge in [-0.25, -0.2) is 0 Å². The van der Waals surface area contributed by atoms with Crippen LogP contribution in [0.5, 0.6) is 0 Å². The van der Waals surface area contributed by atoms with E-state index in [0.717, 1.165) is 12.0 Å². The van der Waals surface area contributed by atoms with Gasteiger partial charge in [0.25, 0.3) is 0 Å². The average molecular weight is 219 g/mol. The number of halogens is 2. The lowest BCUT2D eigenvalue weighted by molar-refractivity contribution is 0.171. The van der Waals surface area contributed by atoms with E-state index in [2.05, 4.69) is 0 Å². The molecular weight excluding hydrogens is 207 g/mol. The van der Waals surface area contributed by atoms with Gasteiger partial charge in [0.05, 0.1) is 6.10 Å². The van der Waals surface area contributed by atoms with Gasteiger partial charge >= 0.3 is 0 Å². The molecule has 1 N–H and O–H groups in total. The summed E-state index contributed by atoms with van der Waals surface area (Å²) in [6.07, 6.45) is 1.04. The van der Waals surface area contributed by atoms with E-state index in [1.807, 2.05) is 19.1 Å². The van der Waals surface area contributed by atoms with Gasteiger partial charge in [0.15, 0.2) is 0 Å². The van der Waals surface area contributed by atoms with Crippen LogP contribution >= 0.6 is 23.2 Å². The van der Waals surface area contributed by atoms with Crippen LogP contribution < -0.4 is 0 Å². The van der Waals surface area contributed by atoms with Gasteiger partial charge in [0.1, 0.15) is 0 Å². The molecule has 72 valence electrons. The number of aliphatic hydroxyl groups excluding tert-OH is 1. The van der Waals surface area contributed by atoms with Crippen molar-refractivity contribution in [2.45, 2.75) is 25.9 Å². The molecule has 0 aliphatic heterocycles. The number of benzene rings is 1. The molecule has 1 nitrogen and oxygen atoms in total. The van der Waals surface area contributed by atoms with Gasteiger partial charge in [-0.15, -0.1) is 0 Å². The van der Waals surface area contributed by atoms with Crippen molar-refractivity contribution in [1.82, 2.24) is 0 Å². The topological polar surface area (TPSA) is 20.2 Å². The van der Waals surface area contributed by atoms with E-state index >= 15 is 0 Å². The highest BCUT2D eigenvalue weighted by atomic mass is 35.5. The molecule has 1 aromatic carbocycles. The van der Waals surface area contributed by atoms with Gasteiger partial charge in [-0.1, -0.05) is 30.1 Å². The number of hydrogen-bond donors (Lipinski definition) is 1. The first-order chi connectivity index (χ1) is 6.11. The highest BCUT2D eigenvalue weighted by molar-refractivity contribution is 6.34. The van der Waals surface area contributed by atoms with Crippen LogP contribution in [-0.2, 0) is 6.42 Å². The zero-order valence-electron chi connectivity index (χ0n) is 7.43. The summed E-state index contributed by atoms with van der Waals surface area (Å²) in [5, 5.41) is 10.6. The third-order valence-corrected chi connectivity index (χ3v) is 2.30. The maximum absolute atomic E-state index is 9.41. The van der Waals surface area contributed by atoms with Crippen LogP contribution in [0, 0.1) is 0 Å². The molecule has 0 fully saturated rings. The van der Waals surface area contributed by atoms with Crippen LogP contribution in [0.4, 0.5) is 0 Å². The van der Waals surface area contributed by atoms with E-state index in [1.165, 1.54) is 0 Å². The Bertz CT molecular complexity index is 266. The second kappa shape index (κ2) is 4.85. The van der Waals surface area contributed by atoms with Crippen LogP contribution in [0.15, 0.2) is 18.2 Å². The maximum atomic E-state index is 9.41. The van der Waals surface area contributed by atoms with Crippen molar-refractivity contribution in [3.05, 3.63) is 33.8 Å². The summed E-state index contributed by atoms with van der Waals surface area (Å²) >= 11 is 11.6. The van der Waals surface area contributed by atoms with Crippen molar-refractivity contribution < 1.29 is 5.11 Å². The van der Waals surface area contributed by atoms with Crippen LogP contribution in [0.2, 0.25) is 10.0 Å². The summed E-state index contributed by atoms with van der Waals surface area (Å²) in [6, 6.07) is 5.34. The number of aliphatic hydroxyl groups is 1. The molecule has 3 heteroatoms. The Balaban J connectivity index is 2.77. The zero-order valence-corrected chi connectivity index (χ0v) is 8.94. The average Bonchev–Trinajstić information content (AvgIpc) is 2.02. The van der Waals surface area contributed by atoms with Gasteiger partial charge in [0, 0.05) is 10.0 Å². The van der Waals surface area contributed by atoms with Crippen LogP contribution in [0.1, 0.15) is 18.9 Å². The van der Waals surface area contributed by atoms with Crippen molar-refractivity contribution >= 4 is 23.2 Å². The van der Waals surface area contributed by atoms with Crippen molar-refractivity contribution in [3.63, 3.8) is 0 Å². The molecule has 0 saturated heterocycles. The molecule has 0 unspecified atom stereocenters. The van der Waals surface area contributed by atoms with Crippen LogP contribution in [0.3, 0.4) is 0 Å². The molecule has 0 aliphatic carbocycles. The van der Waals surface area contributed by atoms with Gasteiger partial charge in [-0.05, 0) is 36.6 Å². The molecule has 13 heavy (non-hydrogen) atoms. The highest BCUT2D eigenvalue weighted by Gasteiger charge is 2.04. The molecule has 0 radical (unpaired) electrons. The second-order valence-corrected chi connectivity index (χ2v) is 3.92. The Morgan fingerprint density at radius 3 is 2.23 bits per heavy atom. The number of rotatable bonds is 3. The first kappa shape index (κ1) is 10.8. The minimum atomic E-state index is -0.311. The predicted octanol–water partition coefficient (Wildman–Crippen LogP) is 3.31. The third-order valence-electron chi connectivity index (χ3n) is 1.86. The van der Waals surface area contributed by atoms with Crippen LogP contribution in [0.25, 0.3) is 0 Å². The van der Waals surface area contributed by atoms with Crippen molar-refractivity contribution in [1.29, 1.82) is 0 Å². The third kappa shape index (κ3) is 3.55. The number of hydrogen-bond acceptors (Lipinski definition) is 1. The largest absolute Gasteiger partial charge is 0.393 e. The quantitative estimate of drug-likeness (QED) is 0.826. The standard InChI is InChI=1S/C10H12Cl2O/c1-2-10(13)5-7-3-8(11)6-9(12)4-7/h3-4,6,10,13H,2,5H2,1H3/t10-/m0/s1. The monoisotopic (exact) mass is 218 g/mol. The molecule has 0 spiro atoms. The molecule has 0 saturated carbocycles. The summed E-state index contributed by atoms with van der Waals surface area (Å²) in [4.78, 5) is 0. The van der Waals surface area contributed by atoms with Crippen LogP contribution in [-0.4, -0.2) is 11.2 Å². The molecule has 1 rings (SSSR count). The summed E-state index contributed by atoms with van der Waals surface area (Å²) in [6.45, 7) is 1.94. The molecule has 0 heterocycles. The first-order valence-electron chi connectivity index (χ1n) is 4.25. The van der Waals surface area contributed by atoms with Gasteiger partial charge in [-0.3, -0.25) is 0 Å². The first-order valence-corrected chi connectivity index (χ1v) is 5.00. The fraction of sp³-hybridized carbons (Fsp3) is 0.400. The van der Waals surface area contributed by atoms with E-state index in [0.29, 0.717) is 16.5 Å².